The van der Waals surface area contributed by atoms with Crippen molar-refractivity contribution < 1.29 is 4.79 Å². The van der Waals surface area contributed by atoms with Crippen molar-refractivity contribution >= 4 is 5.91 Å². The van der Waals surface area contributed by atoms with E-state index in [0.717, 1.165) is 0 Å². The summed E-state index contributed by atoms with van der Waals surface area (Å²) in [6, 6.07) is 2.03. The van der Waals surface area contributed by atoms with Crippen LogP contribution < -0.4 is 5.32 Å². The van der Waals surface area contributed by atoms with Gasteiger partial charge in [-0.25, -0.2) is 0 Å². The predicted octanol–water partition coefficient (Wildman–Crippen LogP) is 0.815. The maximum absolute atomic E-state index is 10.5. The number of nitriles is 1. The standard InChI is InChI=1S/C7H12N2O/c1-4-7(3,5-8)9-6(2)10/h4H2,1-3H3,(H,9,10). The van der Waals surface area contributed by atoms with Crippen LogP contribution in [0.4, 0.5) is 0 Å². The Balaban J connectivity index is 4.10. The summed E-state index contributed by atoms with van der Waals surface area (Å²) in [4.78, 5) is 10.5. The highest BCUT2D eigenvalue weighted by molar-refractivity contribution is 5.74. The Morgan fingerprint density at radius 3 is 2.40 bits per heavy atom. The molecule has 0 spiro atoms. The minimum absolute atomic E-state index is 0.161. The second-order valence-corrected chi connectivity index (χ2v) is 2.48. The first-order chi connectivity index (χ1) is 4.54. The number of nitrogens with one attached hydrogen (secondary N) is 1. The Labute approximate surface area is 61.0 Å². The number of carbonyl (C=O) groups is 1. The van der Waals surface area contributed by atoms with Crippen LogP contribution in [0, 0.1) is 11.3 Å². The van der Waals surface area contributed by atoms with Crippen molar-refractivity contribution in [2.24, 2.45) is 0 Å². The van der Waals surface area contributed by atoms with Gasteiger partial charge in [-0.1, -0.05) is 6.92 Å². The number of amides is 1. The zero-order valence-corrected chi connectivity index (χ0v) is 6.56. The zero-order chi connectivity index (χ0) is 8.20. The summed E-state index contributed by atoms with van der Waals surface area (Å²) in [7, 11) is 0. The Kier molecular flexibility index (Phi) is 2.88. The third-order valence-electron chi connectivity index (χ3n) is 1.41. The quantitative estimate of drug-likeness (QED) is 0.617. The lowest BCUT2D eigenvalue weighted by Crippen LogP contribution is -2.42. The molecule has 0 rings (SSSR count). The van der Waals surface area contributed by atoms with E-state index < -0.39 is 5.54 Å². The van der Waals surface area contributed by atoms with Gasteiger partial charge >= 0.3 is 0 Å². The minimum atomic E-state index is -0.689. The number of rotatable bonds is 2. The Morgan fingerprint density at radius 2 is 2.30 bits per heavy atom. The van der Waals surface area contributed by atoms with Crippen LogP contribution in [-0.2, 0) is 4.79 Å². The molecule has 56 valence electrons. The highest BCUT2D eigenvalue weighted by Crippen LogP contribution is 2.05. The van der Waals surface area contributed by atoms with Gasteiger partial charge < -0.3 is 5.32 Å². The molecule has 0 aliphatic rings. The summed E-state index contributed by atoms with van der Waals surface area (Å²) >= 11 is 0. The molecule has 0 saturated carbocycles. The smallest absolute Gasteiger partial charge is 0.218 e. The van der Waals surface area contributed by atoms with E-state index in [1.807, 2.05) is 13.0 Å². The Morgan fingerprint density at radius 1 is 1.80 bits per heavy atom. The van der Waals surface area contributed by atoms with Gasteiger partial charge in [-0.05, 0) is 13.3 Å². The van der Waals surface area contributed by atoms with E-state index in [4.69, 9.17) is 5.26 Å². The molecule has 0 bridgehead atoms. The molecule has 1 unspecified atom stereocenters. The minimum Gasteiger partial charge on any atom is -0.338 e. The van der Waals surface area contributed by atoms with Crippen molar-refractivity contribution in [1.82, 2.24) is 5.32 Å². The average molecular weight is 140 g/mol. The summed E-state index contributed by atoms with van der Waals surface area (Å²) in [5.41, 5.74) is -0.689. The molecule has 1 atom stereocenters. The highest BCUT2D eigenvalue weighted by atomic mass is 16.1. The molecule has 0 fully saturated rings. The van der Waals surface area contributed by atoms with Gasteiger partial charge in [-0.2, -0.15) is 5.26 Å². The van der Waals surface area contributed by atoms with Crippen LogP contribution in [0.3, 0.4) is 0 Å². The molecule has 3 nitrogen and oxygen atoms in total. The van der Waals surface area contributed by atoms with E-state index in [1.54, 1.807) is 6.92 Å². The summed E-state index contributed by atoms with van der Waals surface area (Å²) < 4.78 is 0. The van der Waals surface area contributed by atoms with E-state index in [0.29, 0.717) is 6.42 Å². The van der Waals surface area contributed by atoms with Crippen LogP contribution in [0.2, 0.25) is 0 Å². The lowest BCUT2D eigenvalue weighted by atomic mass is 10.0. The second kappa shape index (κ2) is 3.21. The largest absolute Gasteiger partial charge is 0.338 e. The molecule has 1 amide bonds. The van der Waals surface area contributed by atoms with Gasteiger partial charge in [0, 0.05) is 6.92 Å². The molecule has 0 radical (unpaired) electrons. The van der Waals surface area contributed by atoms with Gasteiger partial charge in [-0.15, -0.1) is 0 Å². The molecular formula is C7H12N2O. The van der Waals surface area contributed by atoms with Crippen molar-refractivity contribution in [3.8, 4) is 6.07 Å². The fourth-order valence-electron chi connectivity index (χ4n) is 0.584. The van der Waals surface area contributed by atoms with Gasteiger partial charge in [0.2, 0.25) is 5.91 Å². The second-order valence-electron chi connectivity index (χ2n) is 2.48. The molecule has 0 aromatic rings. The van der Waals surface area contributed by atoms with Crippen LogP contribution >= 0.6 is 0 Å². The Hall–Kier alpha value is -1.04. The molecule has 0 saturated heterocycles. The first-order valence-corrected chi connectivity index (χ1v) is 3.24. The topological polar surface area (TPSA) is 52.9 Å². The van der Waals surface area contributed by atoms with Crippen LogP contribution in [0.25, 0.3) is 0 Å². The van der Waals surface area contributed by atoms with Gasteiger partial charge in [0.15, 0.2) is 0 Å². The summed E-state index contributed by atoms with van der Waals surface area (Å²) in [5, 5.41) is 11.1. The normalized spacial score (nSPS) is 15.0. The van der Waals surface area contributed by atoms with Crippen molar-refractivity contribution in [2.45, 2.75) is 32.7 Å². The van der Waals surface area contributed by atoms with Crippen molar-refractivity contribution in [3.05, 3.63) is 0 Å². The first kappa shape index (κ1) is 8.96. The van der Waals surface area contributed by atoms with Crippen LogP contribution in [0.15, 0.2) is 0 Å². The van der Waals surface area contributed by atoms with Crippen molar-refractivity contribution in [3.63, 3.8) is 0 Å². The van der Waals surface area contributed by atoms with Crippen molar-refractivity contribution in [2.75, 3.05) is 0 Å². The monoisotopic (exact) mass is 140 g/mol. The van der Waals surface area contributed by atoms with Crippen LogP contribution in [0.1, 0.15) is 27.2 Å². The maximum atomic E-state index is 10.5. The summed E-state index contributed by atoms with van der Waals surface area (Å²) in [6.45, 7) is 4.97. The molecular weight excluding hydrogens is 128 g/mol. The predicted molar refractivity (Wildman–Crippen MR) is 38.1 cm³/mol. The number of hydrogen-bond acceptors (Lipinski definition) is 2. The zero-order valence-electron chi connectivity index (χ0n) is 6.56. The molecule has 10 heavy (non-hydrogen) atoms. The van der Waals surface area contributed by atoms with Gasteiger partial charge in [0.1, 0.15) is 5.54 Å². The molecule has 0 aliphatic carbocycles. The van der Waals surface area contributed by atoms with Crippen LogP contribution in [-0.4, -0.2) is 11.4 Å². The first-order valence-electron chi connectivity index (χ1n) is 3.24. The van der Waals surface area contributed by atoms with Gasteiger partial charge in [0.25, 0.3) is 0 Å². The van der Waals surface area contributed by atoms with E-state index in [1.165, 1.54) is 6.92 Å². The van der Waals surface area contributed by atoms with Crippen molar-refractivity contribution in [1.29, 1.82) is 5.26 Å². The fourth-order valence-corrected chi connectivity index (χ4v) is 0.584. The third kappa shape index (κ3) is 2.49. The van der Waals surface area contributed by atoms with Gasteiger partial charge in [0.05, 0.1) is 6.07 Å². The average Bonchev–Trinajstić information content (AvgIpc) is 1.87. The van der Waals surface area contributed by atoms with E-state index in [2.05, 4.69) is 5.32 Å². The van der Waals surface area contributed by atoms with E-state index in [9.17, 15) is 4.79 Å². The fraction of sp³-hybridized carbons (Fsp3) is 0.714. The van der Waals surface area contributed by atoms with Crippen LogP contribution in [0.5, 0.6) is 0 Å². The van der Waals surface area contributed by atoms with E-state index in [-0.39, 0.29) is 5.91 Å². The van der Waals surface area contributed by atoms with Gasteiger partial charge in [-0.3, -0.25) is 4.79 Å². The van der Waals surface area contributed by atoms with E-state index >= 15 is 0 Å². The number of hydrogen-bond donors (Lipinski definition) is 1. The third-order valence-corrected chi connectivity index (χ3v) is 1.41. The summed E-state index contributed by atoms with van der Waals surface area (Å²) in [5.74, 6) is -0.161. The molecule has 3 heteroatoms. The number of nitrogens with zero attached hydrogens (tertiary/aromatic N) is 1. The molecule has 0 aromatic heterocycles. The lowest BCUT2D eigenvalue weighted by molar-refractivity contribution is -0.120. The molecule has 0 aliphatic heterocycles. The maximum Gasteiger partial charge on any atom is 0.218 e. The SMILES string of the molecule is CCC(C)(C#N)NC(C)=O. The molecule has 1 N–H and O–H groups in total. The summed E-state index contributed by atoms with van der Waals surface area (Å²) in [6.07, 6.45) is 0.628. The lowest BCUT2D eigenvalue weighted by Gasteiger charge is -2.19. The molecule has 0 heterocycles. The molecule has 0 aromatic carbocycles. The number of carbonyl (C=O) groups excluding carboxylic acids is 1. The Bertz CT molecular complexity index is 171. The highest BCUT2D eigenvalue weighted by Gasteiger charge is 2.21.